The van der Waals surface area contributed by atoms with E-state index in [1.54, 1.807) is 6.92 Å². The van der Waals surface area contributed by atoms with Gasteiger partial charge in [0.25, 0.3) is 0 Å². The Morgan fingerprint density at radius 3 is 2.46 bits per heavy atom. The molecule has 0 unspecified atom stereocenters. The summed E-state index contributed by atoms with van der Waals surface area (Å²) in [6, 6.07) is 2.50. The van der Waals surface area contributed by atoms with Crippen LogP contribution in [0.5, 0.6) is 0 Å². The maximum Gasteiger partial charge on any atom is 0.489 e. The molecule has 13 heavy (non-hydrogen) atoms. The van der Waals surface area contributed by atoms with Gasteiger partial charge in [-0.15, -0.1) is 0 Å². The van der Waals surface area contributed by atoms with Crippen molar-refractivity contribution in [2.75, 3.05) is 0 Å². The van der Waals surface area contributed by atoms with E-state index in [2.05, 4.69) is 0 Å². The minimum Gasteiger partial charge on any atom is -0.423 e. The van der Waals surface area contributed by atoms with E-state index in [9.17, 15) is 9.18 Å². The SMILES string of the molecule is Cc1ccc(F)c(C=O)c1B(O)O. The third kappa shape index (κ3) is 1.76. The molecule has 0 aliphatic heterocycles. The first kappa shape index (κ1) is 9.89. The van der Waals surface area contributed by atoms with Crippen LogP contribution >= 0.6 is 0 Å². The second-order valence-corrected chi connectivity index (χ2v) is 2.68. The van der Waals surface area contributed by atoms with E-state index in [-0.39, 0.29) is 17.3 Å². The molecule has 1 rings (SSSR count). The minimum atomic E-state index is -1.82. The summed E-state index contributed by atoms with van der Waals surface area (Å²) in [6.45, 7) is 1.57. The Hall–Kier alpha value is -1.20. The molecule has 68 valence electrons. The zero-order chi connectivity index (χ0) is 10.0. The lowest BCUT2D eigenvalue weighted by atomic mass is 9.74. The number of hydrogen-bond donors (Lipinski definition) is 2. The van der Waals surface area contributed by atoms with Crippen LogP contribution in [-0.2, 0) is 0 Å². The number of aldehydes is 1. The fourth-order valence-electron chi connectivity index (χ4n) is 1.18. The molecule has 0 spiro atoms. The van der Waals surface area contributed by atoms with Gasteiger partial charge < -0.3 is 10.0 Å². The Morgan fingerprint density at radius 1 is 1.46 bits per heavy atom. The van der Waals surface area contributed by atoms with Crippen LogP contribution in [0.1, 0.15) is 15.9 Å². The lowest BCUT2D eigenvalue weighted by Gasteiger charge is -2.07. The van der Waals surface area contributed by atoms with Crippen LogP contribution in [0.15, 0.2) is 12.1 Å². The highest BCUT2D eigenvalue weighted by molar-refractivity contribution is 6.60. The average molecular weight is 182 g/mol. The van der Waals surface area contributed by atoms with Crippen molar-refractivity contribution in [3.63, 3.8) is 0 Å². The number of halogens is 1. The van der Waals surface area contributed by atoms with Gasteiger partial charge in [0.05, 0.1) is 5.56 Å². The number of rotatable bonds is 2. The summed E-state index contributed by atoms with van der Waals surface area (Å²) in [7, 11) is -1.82. The third-order valence-electron chi connectivity index (χ3n) is 1.83. The Labute approximate surface area is 75.0 Å². The molecule has 0 bridgehead atoms. The molecule has 1 aromatic carbocycles. The van der Waals surface area contributed by atoms with E-state index >= 15 is 0 Å². The van der Waals surface area contributed by atoms with Gasteiger partial charge in [-0.05, 0) is 18.5 Å². The summed E-state index contributed by atoms with van der Waals surface area (Å²) in [5, 5.41) is 17.7. The number of benzene rings is 1. The molecule has 0 heterocycles. The van der Waals surface area contributed by atoms with Crippen molar-refractivity contribution in [2.24, 2.45) is 0 Å². The summed E-state index contributed by atoms with van der Waals surface area (Å²) in [5.41, 5.74) is 0.100. The monoisotopic (exact) mass is 182 g/mol. The number of carbonyl (C=O) groups is 1. The summed E-state index contributed by atoms with van der Waals surface area (Å²) < 4.78 is 12.9. The van der Waals surface area contributed by atoms with Crippen LogP contribution in [0.25, 0.3) is 0 Å². The van der Waals surface area contributed by atoms with Crippen molar-refractivity contribution >= 4 is 18.9 Å². The Kier molecular flexibility index (Phi) is 2.80. The predicted molar refractivity (Wildman–Crippen MR) is 46.4 cm³/mol. The van der Waals surface area contributed by atoms with E-state index < -0.39 is 12.9 Å². The Morgan fingerprint density at radius 2 is 2.08 bits per heavy atom. The zero-order valence-corrected chi connectivity index (χ0v) is 6.99. The Bertz CT molecular complexity index is 338. The second-order valence-electron chi connectivity index (χ2n) is 2.68. The van der Waals surface area contributed by atoms with Crippen molar-refractivity contribution in [1.82, 2.24) is 0 Å². The lowest BCUT2D eigenvalue weighted by molar-refractivity contribution is 0.112. The van der Waals surface area contributed by atoms with Crippen LogP contribution in [0.4, 0.5) is 4.39 Å². The largest absolute Gasteiger partial charge is 0.489 e. The van der Waals surface area contributed by atoms with Crippen molar-refractivity contribution in [2.45, 2.75) is 6.92 Å². The average Bonchev–Trinajstić information content (AvgIpc) is 2.07. The first-order chi connectivity index (χ1) is 6.07. The molecule has 0 aliphatic rings. The molecule has 1 aromatic rings. The lowest BCUT2D eigenvalue weighted by Crippen LogP contribution is -2.36. The zero-order valence-electron chi connectivity index (χ0n) is 6.99. The van der Waals surface area contributed by atoms with E-state index in [1.807, 2.05) is 0 Å². The van der Waals surface area contributed by atoms with Gasteiger partial charge in [-0.25, -0.2) is 4.39 Å². The molecule has 0 aromatic heterocycles. The Balaban J connectivity index is 3.43. The fraction of sp³-hybridized carbons (Fsp3) is 0.125. The highest BCUT2D eigenvalue weighted by Crippen LogP contribution is 2.05. The van der Waals surface area contributed by atoms with Crippen molar-refractivity contribution in [1.29, 1.82) is 0 Å². The second kappa shape index (κ2) is 3.68. The molecule has 3 nitrogen and oxygen atoms in total. The van der Waals surface area contributed by atoms with Gasteiger partial charge in [0.15, 0.2) is 6.29 Å². The summed E-state index contributed by atoms with van der Waals surface area (Å²) in [6.07, 6.45) is 0.275. The topological polar surface area (TPSA) is 57.5 Å². The van der Waals surface area contributed by atoms with Crippen LogP contribution in [0.3, 0.4) is 0 Å². The molecule has 0 saturated heterocycles. The van der Waals surface area contributed by atoms with Gasteiger partial charge in [-0.1, -0.05) is 11.6 Å². The fourth-order valence-corrected chi connectivity index (χ4v) is 1.18. The van der Waals surface area contributed by atoms with Crippen LogP contribution in [0.2, 0.25) is 0 Å². The van der Waals surface area contributed by atoms with E-state index in [1.165, 1.54) is 6.07 Å². The van der Waals surface area contributed by atoms with E-state index in [0.717, 1.165) is 6.07 Å². The van der Waals surface area contributed by atoms with Crippen LogP contribution in [-0.4, -0.2) is 23.5 Å². The molecule has 0 atom stereocenters. The highest BCUT2D eigenvalue weighted by atomic mass is 19.1. The molecule has 0 fully saturated rings. The van der Waals surface area contributed by atoms with Crippen molar-refractivity contribution in [3.05, 3.63) is 29.1 Å². The molecular formula is C8H8BFO3. The molecular weight excluding hydrogens is 174 g/mol. The number of hydrogen-bond acceptors (Lipinski definition) is 3. The summed E-state index contributed by atoms with van der Waals surface area (Å²) >= 11 is 0. The maximum atomic E-state index is 12.9. The summed E-state index contributed by atoms with van der Waals surface area (Å²) in [5.74, 6) is -0.747. The molecule has 5 heteroatoms. The smallest absolute Gasteiger partial charge is 0.423 e. The minimum absolute atomic E-state index is 0.0741. The van der Waals surface area contributed by atoms with Gasteiger partial charge >= 0.3 is 7.12 Å². The van der Waals surface area contributed by atoms with Gasteiger partial charge in [0.1, 0.15) is 5.82 Å². The molecule has 0 saturated carbocycles. The van der Waals surface area contributed by atoms with Gasteiger partial charge in [0.2, 0.25) is 0 Å². The number of carbonyl (C=O) groups excluding carboxylic acids is 1. The van der Waals surface area contributed by atoms with Crippen molar-refractivity contribution in [3.8, 4) is 0 Å². The first-order valence-electron chi connectivity index (χ1n) is 3.68. The predicted octanol–water partition coefficient (Wildman–Crippen LogP) is -0.374. The number of aryl methyl sites for hydroxylation is 1. The molecule has 0 amide bonds. The van der Waals surface area contributed by atoms with E-state index in [4.69, 9.17) is 10.0 Å². The van der Waals surface area contributed by atoms with Gasteiger partial charge in [-0.3, -0.25) is 4.79 Å². The standard InChI is InChI=1S/C8H8BFO3/c1-5-2-3-7(10)6(4-11)8(5)9(12)13/h2-4,12-13H,1H3. The van der Waals surface area contributed by atoms with Crippen LogP contribution < -0.4 is 5.46 Å². The van der Waals surface area contributed by atoms with Crippen molar-refractivity contribution < 1.29 is 19.2 Å². The first-order valence-corrected chi connectivity index (χ1v) is 3.68. The summed E-state index contributed by atoms with van der Waals surface area (Å²) in [4.78, 5) is 10.4. The maximum absolute atomic E-state index is 12.9. The third-order valence-corrected chi connectivity index (χ3v) is 1.83. The van der Waals surface area contributed by atoms with Gasteiger partial charge in [0, 0.05) is 0 Å². The van der Waals surface area contributed by atoms with Crippen LogP contribution in [0, 0.1) is 12.7 Å². The molecule has 0 radical (unpaired) electrons. The molecule has 2 N–H and O–H groups in total. The van der Waals surface area contributed by atoms with Gasteiger partial charge in [-0.2, -0.15) is 0 Å². The highest BCUT2D eigenvalue weighted by Gasteiger charge is 2.20. The normalized spacial score (nSPS) is 9.85. The van der Waals surface area contributed by atoms with E-state index in [0.29, 0.717) is 5.56 Å². The quantitative estimate of drug-likeness (QED) is 0.484. The molecule has 0 aliphatic carbocycles.